The van der Waals surface area contributed by atoms with Crippen molar-refractivity contribution in [3.8, 4) is 16.9 Å². The highest BCUT2D eigenvalue weighted by atomic mass is 15.4. The van der Waals surface area contributed by atoms with Crippen molar-refractivity contribution in [2.45, 2.75) is 19.5 Å². The molecule has 0 aliphatic rings. The number of hydrogen-bond donors (Lipinski definition) is 0. The molecule has 1 aromatic carbocycles. The molecule has 0 radical (unpaired) electrons. The van der Waals surface area contributed by atoms with Gasteiger partial charge in [0.05, 0.1) is 11.9 Å². The Hall–Kier alpha value is -3.29. The number of benzene rings is 1. The lowest BCUT2D eigenvalue weighted by molar-refractivity contribution is 0.491. The molecule has 0 fully saturated rings. The van der Waals surface area contributed by atoms with E-state index in [2.05, 4.69) is 31.6 Å². The predicted octanol–water partition coefficient (Wildman–Crippen LogP) is 1.81. The summed E-state index contributed by atoms with van der Waals surface area (Å²) in [4.78, 5) is 3.93. The molecule has 0 saturated heterocycles. The van der Waals surface area contributed by atoms with Crippen LogP contribution >= 0.6 is 0 Å². The first-order valence-corrected chi connectivity index (χ1v) is 7.71. The number of aryl methyl sites for hydroxylation is 2. The van der Waals surface area contributed by atoms with E-state index in [0.29, 0.717) is 0 Å². The van der Waals surface area contributed by atoms with Gasteiger partial charge in [0.25, 0.3) is 0 Å². The SMILES string of the molecule is c1cc(-c2cn(CCCn3cncn3)nn2)cc(-n2cccn2)c1. The van der Waals surface area contributed by atoms with Gasteiger partial charge in [0.2, 0.25) is 0 Å². The number of nitrogens with zero attached hydrogens (tertiary/aromatic N) is 8. The molecule has 0 spiro atoms. The van der Waals surface area contributed by atoms with Crippen LogP contribution in [0.2, 0.25) is 0 Å². The monoisotopic (exact) mass is 320 g/mol. The lowest BCUT2D eigenvalue weighted by Crippen LogP contribution is -2.05. The maximum Gasteiger partial charge on any atom is 0.137 e. The summed E-state index contributed by atoms with van der Waals surface area (Å²) < 4.78 is 5.49. The van der Waals surface area contributed by atoms with Gasteiger partial charge >= 0.3 is 0 Å². The van der Waals surface area contributed by atoms with Crippen LogP contribution in [0.1, 0.15) is 6.42 Å². The van der Waals surface area contributed by atoms with Gasteiger partial charge in [0, 0.05) is 31.0 Å². The van der Waals surface area contributed by atoms with Crippen LogP contribution in [0.15, 0.2) is 61.6 Å². The van der Waals surface area contributed by atoms with Crippen LogP contribution in [-0.2, 0) is 13.1 Å². The fourth-order valence-corrected chi connectivity index (χ4v) is 2.51. The first-order valence-electron chi connectivity index (χ1n) is 7.71. The van der Waals surface area contributed by atoms with Gasteiger partial charge in [-0.1, -0.05) is 17.3 Å². The van der Waals surface area contributed by atoms with E-state index in [1.807, 2.05) is 50.7 Å². The van der Waals surface area contributed by atoms with Crippen molar-refractivity contribution in [1.29, 1.82) is 0 Å². The quantitative estimate of drug-likeness (QED) is 0.541. The first kappa shape index (κ1) is 14.3. The van der Waals surface area contributed by atoms with E-state index in [-0.39, 0.29) is 0 Å². The molecule has 0 bridgehead atoms. The molecular weight excluding hydrogens is 304 g/mol. The van der Waals surface area contributed by atoms with Gasteiger partial charge in [-0.2, -0.15) is 10.2 Å². The summed E-state index contributed by atoms with van der Waals surface area (Å²) in [5.74, 6) is 0. The lowest BCUT2D eigenvalue weighted by atomic mass is 10.1. The molecule has 3 aromatic heterocycles. The highest BCUT2D eigenvalue weighted by Gasteiger charge is 2.06. The Balaban J connectivity index is 1.45. The Bertz CT molecular complexity index is 892. The van der Waals surface area contributed by atoms with Gasteiger partial charge in [-0.3, -0.25) is 9.36 Å². The Morgan fingerprint density at radius 3 is 2.79 bits per heavy atom. The zero-order chi connectivity index (χ0) is 16.2. The van der Waals surface area contributed by atoms with Crippen molar-refractivity contribution in [2.75, 3.05) is 0 Å². The topological polar surface area (TPSA) is 79.2 Å². The summed E-state index contributed by atoms with van der Waals surface area (Å²) in [7, 11) is 0. The minimum absolute atomic E-state index is 0.783. The molecule has 3 heterocycles. The molecule has 8 nitrogen and oxygen atoms in total. The summed E-state index contributed by atoms with van der Waals surface area (Å²) >= 11 is 0. The highest BCUT2D eigenvalue weighted by Crippen LogP contribution is 2.19. The van der Waals surface area contributed by atoms with Crippen molar-refractivity contribution in [3.05, 3.63) is 61.6 Å². The van der Waals surface area contributed by atoms with Gasteiger partial charge in [-0.25, -0.2) is 9.67 Å². The largest absolute Gasteiger partial charge is 0.253 e. The van der Waals surface area contributed by atoms with E-state index in [1.165, 1.54) is 0 Å². The van der Waals surface area contributed by atoms with Gasteiger partial charge in [0.1, 0.15) is 18.3 Å². The number of hydrogen-bond acceptors (Lipinski definition) is 5. The van der Waals surface area contributed by atoms with Gasteiger partial charge in [0.15, 0.2) is 0 Å². The van der Waals surface area contributed by atoms with Gasteiger partial charge < -0.3 is 0 Å². The van der Waals surface area contributed by atoms with Crippen molar-refractivity contribution < 1.29 is 0 Å². The summed E-state index contributed by atoms with van der Waals surface area (Å²) in [6, 6.07) is 9.99. The zero-order valence-electron chi connectivity index (χ0n) is 13.0. The van der Waals surface area contributed by atoms with Crippen molar-refractivity contribution in [2.24, 2.45) is 0 Å². The molecule has 0 amide bonds. The summed E-state index contributed by atoms with van der Waals surface area (Å²) in [5, 5.41) is 16.8. The van der Waals surface area contributed by atoms with E-state index >= 15 is 0 Å². The average molecular weight is 320 g/mol. The van der Waals surface area contributed by atoms with Crippen LogP contribution in [-0.4, -0.2) is 39.5 Å². The number of rotatable bonds is 6. The predicted molar refractivity (Wildman–Crippen MR) is 87.2 cm³/mol. The van der Waals surface area contributed by atoms with Crippen LogP contribution < -0.4 is 0 Å². The Morgan fingerprint density at radius 1 is 1.00 bits per heavy atom. The second-order valence-corrected chi connectivity index (χ2v) is 5.38. The molecular formula is C16H16N8. The Labute approximate surface area is 138 Å². The van der Waals surface area contributed by atoms with Crippen molar-refractivity contribution >= 4 is 0 Å². The third-order valence-corrected chi connectivity index (χ3v) is 3.69. The Kier molecular flexibility index (Phi) is 3.85. The molecule has 0 aliphatic carbocycles. The molecule has 0 aliphatic heterocycles. The smallest absolute Gasteiger partial charge is 0.137 e. The summed E-state index contributed by atoms with van der Waals surface area (Å²) in [6.45, 7) is 1.59. The van der Waals surface area contributed by atoms with Crippen LogP contribution in [0, 0.1) is 0 Å². The van der Waals surface area contributed by atoms with Gasteiger partial charge in [-0.05, 0) is 24.6 Å². The minimum Gasteiger partial charge on any atom is -0.253 e. The Morgan fingerprint density at radius 2 is 1.96 bits per heavy atom. The molecule has 0 N–H and O–H groups in total. The molecule has 4 aromatic rings. The molecule has 24 heavy (non-hydrogen) atoms. The molecule has 0 saturated carbocycles. The van der Waals surface area contributed by atoms with E-state index in [0.717, 1.165) is 36.5 Å². The minimum atomic E-state index is 0.783. The van der Waals surface area contributed by atoms with Crippen molar-refractivity contribution in [3.63, 3.8) is 0 Å². The second kappa shape index (κ2) is 6.45. The normalized spacial score (nSPS) is 11.0. The highest BCUT2D eigenvalue weighted by molar-refractivity contribution is 5.61. The van der Waals surface area contributed by atoms with Crippen LogP contribution in [0.5, 0.6) is 0 Å². The molecule has 0 unspecified atom stereocenters. The molecule has 120 valence electrons. The maximum absolute atomic E-state index is 4.27. The molecule has 4 rings (SSSR count). The fraction of sp³-hybridized carbons (Fsp3) is 0.188. The average Bonchev–Trinajstić information content (AvgIpc) is 3.37. The van der Waals surface area contributed by atoms with Crippen LogP contribution in [0.4, 0.5) is 0 Å². The zero-order valence-corrected chi connectivity index (χ0v) is 13.0. The first-order chi connectivity index (χ1) is 11.9. The van der Waals surface area contributed by atoms with E-state index < -0.39 is 0 Å². The summed E-state index contributed by atoms with van der Waals surface area (Å²) in [6.07, 6.45) is 9.81. The van der Waals surface area contributed by atoms with E-state index in [4.69, 9.17) is 0 Å². The third-order valence-electron chi connectivity index (χ3n) is 3.69. The van der Waals surface area contributed by atoms with Crippen molar-refractivity contribution in [1.82, 2.24) is 39.5 Å². The standard InChI is InChI=1S/C16H16N8/c1-4-14(10-15(5-1)24-9-2-6-18-24)16-11-22(21-20-16)7-3-8-23-13-17-12-19-23/h1-2,4-6,9-13H,3,7-8H2. The number of aromatic nitrogens is 8. The van der Waals surface area contributed by atoms with Crippen LogP contribution in [0.25, 0.3) is 16.9 Å². The maximum atomic E-state index is 4.27. The summed E-state index contributed by atoms with van der Waals surface area (Å²) in [5.41, 5.74) is 2.87. The third kappa shape index (κ3) is 3.07. The van der Waals surface area contributed by atoms with E-state index in [1.54, 1.807) is 18.9 Å². The van der Waals surface area contributed by atoms with Crippen LogP contribution in [0.3, 0.4) is 0 Å². The molecule has 0 atom stereocenters. The molecule has 8 heteroatoms. The van der Waals surface area contributed by atoms with E-state index in [9.17, 15) is 0 Å². The van der Waals surface area contributed by atoms with Gasteiger partial charge in [-0.15, -0.1) is 5.10 Å². The lowest BCUT2D eigenvalue weighted by Gasteiger charge is -2.03. The fourth-order valence-electron chi connectivity index (χ4n) is 2.51. The second-order valence-electron chi connectivity index (χ2n) is 5.38.